The monoisotopic (exact) mass is 308 g/mol. The molecule has 3 heteroatoms. The number of ether oxygens (including phenoxy) is 1. The van der Waals surface area contributed by atoms with Gasteiger partial charge in [0.05, 0.1) is 5.41 Å². The highest BCUT2D eigenvalue weighted by Gasteiger charge is 2.69. The van der Waals surface area contributed by atoms with Crippen LogP contribution in [0.15, 0.2) is 0 Å². The Morgan fingerprint density at radius 1 is 1.36 bits per heavy atom. The maximum atomic E-state index is 12.9. The quantitative estimate of drug-likeness (QED) is 0.669. The third kappa shape index (κ3) is 3.23. The van der Waals surface area contributed by atoms with E-state index in [1.54, 1.807) is 0 Å². The van der Waals surface area contributed by atoms with Crippen LogP contribution < -0.4 is 0 Å². The molecule has 0 saturated heterocycles. The van der Waals surface area contributed by atoms with E-state index in [4.69, 9.17) is 4.74 Å². The first-order valence-corrected chi connectivity index (χ1v) is 8.91. The lowest BCUT2D eigenvalue weighted by atomic mass is 9.75. The van der Waals surface area contributed by atoms with Gasteiger partial charge in [-0.2, -0.15) is 0 Å². The van der Waals surface area contributed by atoms with Crippen LogP contribution in [-0.4, -0.2) is 17.9 Å². The van der Waals surface area contributed by atoms with Crippen molar-refractivity contribution in [3.05, 3.63) is 0 Å². The van der Waals surface area contributed by atoms with Gasteiger partial charge in [-0.3, -0.25) is 9.59 Å². The highest BCUT2D eigenvalue weighted by molar-refractivity contribution is 5.83. The van der Waals surface area contributed by atoms with E-state index in [0.29, 0.717) is 12.8 Å². The van der Waals surface area contributed by atoms with E-state index < -0.39 is 0 Å². The Balaban J connectivity index is 2.10. The molecule has 3 nitrogen and oxygen atoms in total. The molecule has 0 radical (unpaired) electrons. The molecule has 0 aromatic carbocycles. The minimum atomic E-state index is -0.332. The first-order valence-electron chi connectivity index (χ1n) is 8.91. The molecule has 0 aromatic heterocycles. The number of Topliss-reactive ketones (excluding diaryl/α,β-unsaturated/α-hetero) is 1. The van der Waals surface area contributed by atoms with Crippen molar-refractivity contribution in [1.29, 1.82) is 0 Å². The van der Waals surface area contributed by atoms with E-state index >= 15 is 0 Å². The standard InChI is InChI=1S/C19H32O3/c1-6-17(3,4)12-19(13-18(19,5)7-2)16(21)22-15-10-8-9-14(20)11-15/h15H,6-13H2,1-5H3. The van der Waals surface area contributed by atoms with E-state index in [1.165, 1.54) is 0 Å². The van der Waals surface area contributed by atoms with Crippen LogP contribution in [0.5, 0.6) is 0 Å². The molecule has 0 spiro atoms. The predicted octanol–water partition coefficient (Wildman–Crippen LogP) is 4.67. The maximum Gasteiger partial charge on any atom is 0.312 e. The number of rotatable bonds is 6. The molecule has 0 amide bonds. The summed E-state index contributed by atoms with van der Waals surface area (Å²) in [4.78, 5) is 24.5. The summed E-state index contributed by atoms with van der Waals surface area (Å²) < 4.78 is 5.82. The predicted molar refractivity (Wildman–Crippen MR) is 87.5 cm³/mol. The Morgan fingerprint density at radius 3 is 2.55 bits per heavy atom. The summed E-state index contributed by atoms with van der Waals surface area (Å²) in [7, 11) is 0. The summed E-state index contributed by atoms with van der Waals surface area (Å²) in [6, 6.07) is 0. The van der Waals surface area contributed by atoms with Crippen molar-refractivity contribution in [1.82, 2.24) is 0 Å². The summed E-state index contributed by atoms with van der Waals surface area (Å²) in [5.74, 6) is 0.194. The number of esters is 1. The van der Waals surface area contributed by atoms with Gasteiger partial charge in [-0.05, 0) is 42.9 Å². The average molecular weight is 308 g/mol. The third-order valence-corrected chi connectivity index (χ3v) is 6.34. The summed E-state index contributed by atoms with van der Waals surface area (Å²) >= 11 is 0. The van der Waals surface area contributed by atoms with E-state index in [-0.39, 0.29) is 34.1 Å². The van der Waals surface area contributed by atoms with Gasteiger partial charge in [0.2, 0.25) is 0 Å². The van der Waals surface area contributed by atoms with Crippen LogP contribution in [-0.2, 0) is 14.3 Å². The fraction of sp³-hybridized carbons (Fsp3) is 0.895. The minimum absolute atomic E-state index is 0.0434. The molecular weight excluding hydrogens is 276 g/mol. The summed E-state index contributed by atoms with van der Waals surface area (Å²) in [5, 5.41) is 0. The Kier molecular flexibility index (Phi) is 4.75. The molecule has 3 atom stereocenters. The zero-order chi connectivity index (χ0) is 16.6. The number of carbonyl (C=O) groups is 2. The number of carbonyl (C=O) groups excluding carboxylic acids is 2. The largest absolute Gasteiger partial charge is 0.461 e. The zero-order valence-corrected chi connectivity index (χ0v) is 15.0. The normalized spacial score (nSPS) is 35.3. The highest BCUT2D eigenvalue weighted by atomic mass is 16.5. The molecule has 2 saturated carbocycles. The molecular formula is C19H32O3. The maximum absolute atomic E-state index is 12.9. The molecule has 22 heavy (non-hydrogen) atoms. The van der Waals surface area contributed by atoms with Gasteiger partial charge in [-0.25, -0.2) is 0 Å². The molecule has 3 unspecified atom stereocenters. The van der Waals surface area contributed by atoms with E-state index in [2.05, 4.69) is 34.6 Å². The van der Waals surface area contributed by atoms with Crippen LogP contribution >= 0.6 is 0 Å². The molecule has 2 aliphatic rings. The van der Waals surface area contributed by atoms with Crippen molar-refractivity contribution in [2.75, 3.05) is 0 Å². The molecule has 0 heterocycles. The second-order valence-electron chi connectivity index (χ2n) is 8.53. The SMILES string of the molecule is CCC(C)(C)CC1(C(=O)OC2CCCC(=O)C2)CC1(C)CC. The Bertz CT molecular complexity index is 454. The van der Waals surface area contributed by atoms with Gasteiger partial charge in [0, 0.05) is 12.8 Å². The fourth-order valence-electron chi connectivity index (χ4n) is 4.04. The first kappa shape index (κ1) is 17.5. The Morgan fingerprint density at radius 2 is 2.05 bits per heavy atom. The average Bonchev–Trinajstić information content (AvgIpc) is 3.05. The van der Waals surface area contributed by atoms with E-state index in [1.807, 2.05) is 0 Å². The van der Waals surface area contributed by atoms with Crippen molar-refractivity contribution in [3.8, 4) is 0 Å². The Labute approximate surface area is 135 Å². The van der Waals surface area contributed by atoms with Crippen LogP contribution in [0.3, 0.4) is 0 Å². The summed E-state index contributed by atoms with van der Waals surface area (Å²) in [5.41, 5.74) is -0.120. The fourth-order valence-corrected chi connectivity index (χ4v) is 4.04. The number of ketones is 1. The van der Waals surface area contributed by atoms with Crippen LogP contribution in [0.1, 0.15) is 86.0 Å². The van der Waals surface area contributed by atoms with E-state index in [0.717, 1.165) is 38.5 Å². The van der Waals surface area contributed by atoms with Gasteiger partial charge in [-0.15, -0.1) is 0 Å². The lowest BCUT2D eigenvalue weighted by Gasteiger charge is -2.32. The molecule has 0 aliphatic heterocycles. The third-order valence-electron chi connectivity index (χ3n) is 6.34. The second-order valence-corrected chi connectivity index (χ2v) is 8.53. The van der Waals surface area contributed by atoms with Gasteiger partial charge in [0.15, 0.2) is 0 Å². The van der Waals surface area contributed by atoms with Crippen molar-refractivity contribution in [2.45, 2.75) is 92.1 Å². The first-order chi connectivity index (χ1) is 10.2. The van der Waals surface area contributed by atoms with Gasteiger partial charge >= 0.3 is 5.97 Å². The highest BCUT2D eigenvalue weighted by Crippen LogP contribution is 2.70. The topological polar surface area (TPSA) is 43.4 Å². The van der Waals surface area contributed by atoms with Gasteiger partial charge < -0.3 is 4.74 Å². The molecule has 0 aromatic rings. The van der Waals surface area contributed by atoms with Gasteiger partial charge in [0.1, 0.15) is 11.9 Å². The number of hydrogen-bond donors (Lipinski definition) is 0. The van der Waals surface area contributed by atoms with Crippen LogP contribution in [0.4, 0.5) is 0 Å². The van der Waals surface area contributed by atoms with Gasteiger partial charge in [0.25, 0.3) is 0 Å². The van der Waals surface area contributed by atoms with E-state index in [9.17, 15) is 9.59 Å². The molecule has 2 aliphatic carbocycles. The van der Waals surface area contributed by atoms with Crippen molar-refractivity contribution in [2.24, 2.45) is 16.2 Å². The minimum Gasteiger partial charge on any atom is -0.461 e. The Hall–Kier alpha value is -0.860. The molecule has 0 bridgehead atoms. The van der Waals surface area contributed by atoms with Crippen molar-refractivity contribution < 1.29 is 14.3 Å². The lowest BCUT2D eigenvalue weighted by Crippen LogP contribution is -2.34. The summed E-state index contributed by atoms with van der Waals surface area (Å²) in [6.07, 6.45) is 6.46. The van der Waals surface area contributed by atoms with Crippen molar-refractivity contribution >= 4 is 11.8 Å². The van der Waals surface area contributed by atoms with Gasteiger partial charge in [-0.1, -0.05) is 41.0 Å². The van der Waals surface area contributed by atoms with Crippen LogP contribution in [0.25, 0.3) is 0 Å². The van der Waals surface area contributed by atoms with Crippen LogP contribution in [0.2, 0.25) is 0 Å². The van der Waals surface area contributed by atoms with Crippen LogP contribution in [0, 0.1) is 16.2 Å². The molecule has 2 rings (SSSR count). The van der Waals surface area contributed by atoms with Crippen molar-refractivity contribution in [3.63, 3.8) is 0 Å². The molecule has 0 N–H and O–H groups in total. The second kappa shape index (κ2) is 5.98. The number of hydrogen-bond acceptors (Lipinski definition) is 3. The molecule has 2 fully saturated rings. The lowest BCUT2D eigenvalue weighted by molar-refractivity contribution is -0.161. The zero-order valence-electron chi connectivity index (χ0n) is 15.0. The summed E-state index contributed by atoms with van der Waals surface area (Å²) in [6.45, 7) is 11.0. The molecule has 126 valence electrons. The smallest absolute Gasteiger partial charge is 0.312 e.